The van der Waals surface area contributed by atoms with Crippen LogP contribution < -0.4 is 10.2 Å². The molecule has 0 unspecified atom stereocenters. The highest BCUT2D eigenvalue weighted by Gasteiger charge is 2.45. The maximum Gasteiger partial charge on any atom is 0.244 e. The van der Waals surface area contributed by atoms with Gasteiger partial charge in [0.05, 0.1) is 10.3 Å². The number of carbonyl (C=O) groups is 2. The van der Waals surface area contributed by atoms with Crippen LogP contribution in [0.25, 0.3) is 0 Å². The molecule has 2 amide bonds. The quantitative estimate of drug-likeness (QED) is 0.723. The highest BCUT2D eigenvalue weighted by Crippen LogP contribution is 2.43. The molecule has 0 aliphatic carbocycles. The van der Waals surface area contributed by atoms with Gasteiger partial charge in [-0.3, -0.25) is 9.59 Å². The zero-order valence-corrected chi connectivity index (χ0v) is 20.5. The lowest BCUT2D eigenvalue weighted by Gasteiger charge is -2.26. The maximum atomic E-state index is 13.2. The molecule has 4 rings (SSSR count). The third kappa shape index (κ3) is 4.29. The minimum atomic E-state index is -3.62. The monoisotopic (exact) mass is 469 g/mol. The summed E-state index contributed by atoms with van der Waals surface area (Å²) in [5.74, 6) is -0.523. The van der Waals surface area contributed by atoms with Crippen molar-refractivity contribution in [3.63, 3.8) is 0 Å². The average Bonchev–Trinajstić information content (AvgIpc) is 2.96. The van der Waals surface area contributed by atoms with E-state index in [-0.39, 0.29) is 23.3 Å². The number of hydrogen-bond donors (Lipinski definition) is 1. The van der Waals surface area contributed by atoms with E-state index in [2.05, 4.69) is 5.32 Å². The molecule has 2 aromatic rings. The van der Waals surface area contributed by atoms with Crippen molar-refractivity contribution < 1.29 is 18.0 Å². The first kappa shape index (κ1) is 23.4. The van der Waals surface area contributed by atoms with Crippen molar-refractivity contribution in [3.8, 4) is 0 Å². The summed E-state index contributed by atoms with van der Waals surface area (Å²) in [6.07, 6.45) is 2.76. The number of amides is 2. The lowest BCUT2D eigenvalue weighted by Crippen LogP contribution is -2.40. The minimum absolute atomic E-state index is 0.138. The van der Waals surface area contributed by atoms with Crippen LogP contribution in [-0.2, 0) is 25.0 Å². The first-order valence-electron chi connectivity index (χ1n) is 11.4. The van der Waals surface area contributed by atoms with Crippen LogP contribution in [0.3, 0.4) is 0 Å². The van der Waals surface area contributed by atoms with Gasteiger partial charge in [-0.1, -0.05) is 24.1 Å². The number of rotatable bonds is 5. The van der Waals surface area contributed by atoms with Crippen molar-refractivity contribution >= 4 is 33.2 Å². The Kier molecular flexibility index (Phi) is 6.09. The van der Waals surface area contributed by atoms with Gasteiger partial charge in [-0.2, -0.15) is 4.31 Å². The highest BCUT2D eigenvalue weighted by atomic mass is 32.2. The molecule has 2 aliphatic heterocycles. The van der Waals surface area contributed by atoms with Crippen LogP contribution in [0.2, 0.25) is 0 Å². The Balaban J connectivity index is 1.60. The second-order valence-corrected chi connectivity index (χ2v) is 11.5. The van der Waals surface area contributed by atoms with Gasteiger partial charge in [-0.15, -0.1) is 0 Å². The Morgan fingerprint density at radius 1 is 1.03 bits per heavy atom. The number of fused-ring (bicyclic) bond motifs is 1. The molecular weight excluding hydrogens is 438 g/mol. The molecule has 0 saturated carbocycles. The molecule has 0 bridgehead atoms. The molecule has 2 heterocycles. The number of nitrogens with one attached hydrogen (secondary N) is 1. The molecule has 2 aliphatic rings. The Hall–Kier alpha value is -2.71. The molecule has 176 valence electrons. The number of nitrogens with zero attached hydrogens (tertiary/aromatic N) is 2. The second kappa shape index (κ2) is 8.57. The number of aryl methyl sites for hydroxylation is 2. The van der Waals surface area contributed by atoms with Gasteiger partial charge >= 0.3 is 0 Å². The molecule has 7 nitrogen and oxygen atoms in total. The molecule has 1 N–H and O–H groups in total. The van der Waals surface area contributed by atoms with E-state index < -0.39 is 15.4 Å². The summed E-state index contributed by atoms with van der Waals surface area (Å²) in [4.78, 5) is 27.7. The van der Waals surface area contributed by atoms with Crippen LogP contribution in [0, 0.1) is 13.8 Å². The zero-order valence-electron chi connectivity index (χ0n) is 19.6. The van der Waals surface area contributed by atoms with E-state index in [0.717, 1.165) is 30.4 Å². The van der Waals surface area contributed by atoms with Crippen molar-refractivity contribution in [2.24, 2.45) is 0 Å². The zero-order chi connectivity index (χ0) is 24.0. The lowest BCUT2D eigenvalue weighted by molar-refractivity contribution is -0.124. The first-order chi connectivity index (χ1) is 15.5. The van der Waals surface area contributed by atoms with Gasteiger partial charge in [0, 0.05) is 24.5 Å². The summed E-state index contributed by atoms with van der Waals surface area (Å²) in [6.45, 7) is 8.35. The molecule has 1 saturated heterocycles. The van der Waals surface area contributed by atoms with Crippen LogP contribution in [0.4, 0.5) is 11.4 Å². The van der Waals surface area contributed by atoms with Crippen LogP contribution >= 0.6 is 0 Å². The van der Waals surface area contributed by atoms with Crippen molar-refractivity contribution in [1.82, 2.24) is 4.31 Å². The van der Waals surface area contributed by atoms with Gasteiger partial charge in [-0.25, -0.2) is 8.42 Å². The van der Waals surface area contributed by atoms with Crippen LogP contribution in [-0.4, -0.2) is 44.2 Å². The van der Waals surface area contributed by atoms with Crippen molar-refractivity contribution in [2.75, 3.05) is 29.9 Å². The predicted octanol–water partition coefficient (Wildman–Crippen LogP) is 3.74. The smallest absolute Gasteiger partial charge is 0.244 e. The Bertz CT molecular complexity index is 1210. The molecule has 1 fully saturated rings. The molecule has 33 heavy (non-hydrogen) atoms. The number of anilines is 2. The summed E-state index contributed by atoms with van der Waals surface area (Å²) in [5, 5.41) is 2.89. The van der Waals surface area contributed by atoms with Crippen LogP contribution in [0.1, 0.15) is 49.8 Å². The fraction of sp³-hybridized carbons (Fsp3) is 0.440. The lowest BCUT2D eigenvalue weighted by atomic mass is 9.86. The second-order valence-electron chi connectivity index (χ2n) is 9.53. The van der Waals surface area contributed by atoms with Gasteiger partial charge in [0.1, 0.15) is 6.54 Å². The third-order valence-electron chi connectivity index (χ3n) is 6.62. The van der Waals surface area contributed by atoms with E-state index in [1.54, 1.807) is 32.0 Å². The standard InChI is InChI=1S/C25H31N3O4S/c1-17-8-10-21(18(2)14-17)26-23(29)16-28-22-11-9-19(15-20(22)25(3,4)24(28)30)33(31,32)27-12-6-5-7-13-27/h8-11,14-15H,5-7,12-13,16H2,1-4H3,(H,26,29). The van der Waals surface area contributed by atoms with Gasteiger partial charge in [-0.05, 0) is 75.9 Å². The van der Waals surface area contributed by atoms with Crippen molar-refractivity contribution in [1.29, 1.82) is 0 Å². The van der Waals surface area contributed by atoms with E-state index in [9.17, 15) is 18.0 Å². The summed E-state index contributed by atoms with van der Waals surface area (Å²) in [6, 6.07) is 10.6. The number of carbonyl (C=O) groups excluding carboxylic acids is 2. The van der Waals surface area contributed by atoms with Gasteiger partial charge in [0.15, 0.2) is 0 Å². The van der Waals surface area contributed by atoms with Crippen molar-refractivity contribution in [2.45, 2.75) is 57.3 Å². The molecule has 0 aromatic heterocycles. The van der Waals surface area contributed by atoms with E-state index in [0.29, 0.717) is 30.0 Å². The van der Waals surface area contributed by atoms with E-state index in [1.165, 1.54) is 9.21 Å². The van der Waals surface area contributed by atoms with Gasteiger partial charge in [0.25, 0.3) is 0 Å². The summed E-state index contributed by atoms with van der Waals surface area (Å²) in [7, 11) is -3.62. The van der Waals surface area contributed by atoms with Crippen LogP contribution in [0.5, 0.6) is 0 Å². The van der Waals surface area contributed by atoms with E-state index >= 15 is 0 Å². The topological polar surface area (TPSA) is 86.8 Å². The highest BCUT2D eigenvalue weighted by molar-refractivity contribution is 7.89. The fourth-order valence-corrected chi connectivity index (χ4v) is 6.22. The third-order valence-corrected chi connectivity index (χ3v) is 8.52. The SMILES string of the molecule is Cc1ccc(NC(=O)CN2C(=O)C(C)(C)c3cc(S(=O)(=O)N4CCCCC4)ccc32)c(C)c1. The number of sulfonamides is 1. The van der Waals surface area contributed by atoms with Gasteiger partial charge < -0.3 is 10.2 Å². The average molecular weight is 470 g/mol. The molecule has 2 aromatic carbocycles. The summed E-state index contributed by atoms with van der Waals surface area (Å²) in [5.41, 5.74) is 3.04. The molecule has 0 atom stereocenters. The Morgan fingerprint density at radius 2 is 1.73 bits per heavy atom. The normalized spacial score (nSPS) is 18.3. The number of benzene rings is 2. The van der Waals surface area contributed by atoms with Crippen molar-refractivity contribution in [3.05, 3.63) is 53.1 Å². The number of hydrogen-bond acceptors (Lipinski definition) is 4. The van der Waals surface area contributed by atoms with E-state index in [1.807, 2.05) is 32.0 Å². The predicted molar refractivity (Wildman–Crippen MR) is 129 cm³/mol. The van der Waals surface area contributed by atoms with Crippen LogP contribution in [0.15, 0.2) is 41.3 Å². The minimum Gasteiger partial charge on any atom is -0.324 e. The van der Waals surface area contributed by atoms with E-state index in [4.69, 9.17) is 0 Å². The fourth-order valence-electron chi connectivity index (χ4n) is 4.67. The Labute approximate surface area is 195 Å². The maximum absolute atomic E-state index is 13.2. The molecular formula is C25H31N3O4S. The number of piperidine rings is 1. The van der Waals surface area contributed by atoms with Gasteiger partial charge in [0.2, 0.25) is 21.8 Å². The molecule has 0 spiro atoms. The summed E-state index contributed by atoms with van der Waals surface area (Å²) < 4.78 is 27.8. The largest absolute Gasteiger partial charge is 0.324 e. The summed E-state index contributed by atoms with van der Waals surface area (Å²) >= 11 is 0. The first-order valence-corrected chi connectivity index (χ1v) is 12.8. The molecule has 0 radical (unpaired) electrons. The molecule has 8 heteroatoms. The Morgan fingerprint density at radius 3 is 2.39 bits per heavy atom.